The van der Waals surface area contributed by atoms with Gasteiger partial charge in [0.15, 0.2) is 6.29 Å². The Morgan fingerprint density at radius 3 is 3.06 bits per heavy atom. The largest absolute Gasteiger partial charge is 0.376 e. The van der Waals surface area contributed by atoms with E-state index in [0.29, 0.717) is 17.8 Å². The first kappa shape index (κ1) is 11.9. The number of nitriles is 1. The number of nitrogens with zero attached hydrogens (tertiary/aromatic N) is 2. The van der Waals surface area contributed by atoms with Gasteiger partial charge in [-0.2, -0.15) is 5.26 Å². The Bertz CT molecular complexity index is 451. The average Bonchev–Trinajstić information content (AvgIpc) is 2.96. The van der Waals surface area contributed by atoms with Gasteiger partial charge in [-0.3, -0.25) is 4.79 Å². The van der Waals surface area contributed by atoms with Crippen molar-refractivity contribution in [1.82, 2.24) is 4.57 Å². The van der Waals surface area contributed by atoms with Gasteiger partial charge >= 0.3 is 0 Å². The van der Waals surface area contributed by atoms with Gasteiger partial charge in [-0.15, -0.1) is 0 Å². The Hall–Kier alpha value is -1.60. The molecule has 1 saturated heterocycles. The molecule has 0 amide bonds. The lowest BCUT2D eigenvalue weighted by Gasteiger charge is -2.14. The van der Waals surface area contributed by atoms with Crippen LogP contribution in [0.15, 0.2) is 6.07 Å². The molecule has 4 nitrogen and oxygen atoms in total. The van der Waals surface area contributed by atoms with Gasteiger partial charge in [-0.05, 0) is 25.3 Å². The number of hydrogen-bond acceptors (Lipinski definition) is 3. The van der Waals surface area contributed by atoms with Gasteiger partial charge in [-0.25, -0.2) is 0 Å². The zero-order valence-electron chi connectivity index (χ0n) is 9.98. The van der Waals surface area contributed by atoms with Crippen molar-refractivity contribution >= 4 is 6.29 Å². The molecular weight excluding hydrogens is 216 g/mol. The molecule has 1 atom stereocenters. The first-order chi connectivity index (χ1) is 8.30. The maximum absolute atomic E-state index is 11.0. The molecule has 90 valence electrons. The summed E-state index contributed by atoms with van der Waals surface area (Å²) in [5.41, 5.74) is 2.12. The topological polar surface area (TPSA) is 55.0 Å². The number of aldehydes is 1. The summed E-state index contributed by atoms with van der Waals surface area (Å²) in [5, 5.41) is 9.09. The fourth-order valence-electron chi connectivity index (χ4n) is 2.40. The molecular formula is C13H16N2O2. The monoisotopic (exact) mass is 232 g/mol. The van der Waals surface area contributed by atoms with Crippen molar-refractivity contribution in [2.45, 2.75) is 38.8 Å². The molecule has 0 aliphatic carbocycles. The third kappa shape index (κ3) is 2.25. The van der Waals surface area contributed by atoms with Crippen LogP contribution in [0.5, 0.6) is 0 Å². The van der Waals surface area contributed by atoms with Crippen molar-refractivity contribution in [2.75, 3.05) is 6.61 Å². The fraction of sp³-hybridized carbons (Fsp3) is 0.538. The number of carbonyl (C=O) groups is 1. The molecule has 1 aliphatic rings. The van der Waals surface area contributed by atoms with Gasteiger partial charge < -0.3 is 9.30 Å². The molecule has 2 heterocycles. The molecule has 1 unspecified atom stereocenters. The Kier molecular flexibility index (Phi) is 3.60. The molecule has 1 aromatic rings. The third-order valence-corrected chi connectivity index (χ3v) is 3.23. The van der Waals surface area contributed by atoms with Crippen LogP contribution >= 0.6 is 0 Å². The van der Waals surface area contributed by atoms with E-state index in [4.69, 9.17) is 10.00 Å². The Morgan fingerprint density at radius 1 is 1.71 bits per heavy atom. The van der Waals surface area contributed by atoms with Crippen LogP contribution in [0.4, 0.5) is 0 Å². The van der Waals surface area contributed by atoms with Crippen LogP contribution in [0.1, 0.15) is 41.5 Å². The highest BCUT2D eigenvalue weighted by Gasteiger charge is 2.20. The molecule has 1 aliphatic heterocycles. The maximum Gasteiger partial charge on any atom is 0.151 e. The van der Waals surface area contributed by atoms with E-state index in [1.54, 1.807) is 6.07 Å². The molecule has 0 aromatic carbocycles. The SMILES string of the molecule is CCc1c(C=O)cc(C#N)n1CC1CCCO1. The maximum atomic E-state index is 11.0. The van der Waals surface area contributed by atoms with Crippen LogP contribution in [-0.4, -0.2) is 23.6 Å². The molecule has 1 aromatic heterocycles. The predicted molar refractivity (Wildman–Crippen MR) is 62.9 cm³/mol. The summed E-state index contributed by atoms with van der Waals surface area (Å²) in [6.07, 6.45) is 3.87. The van der Waals surface area contributed by atoms with Gasteiger partial charge in [0.05, 0.1) is 6.10 Å². The number of aromatic nitrogens is 1. The van der Waals surface area contributed by atoms with Crippen molar-refractivity contribution in [3.8, 4) is 6.07 Å². The van der Waals surface area contributed by atoms with E-state index >= 15 is 0 Å². The van der Waals surface area contributed by atoms with Crippen LogP contribution in [0.25, 0.3) is 0 Å². The van der Waals surface area contributed by atoms with Crippen molar-refractivity contribution in [3.05, 3.63) is 23.0 Å². The van der Waals surface area contributed by atoms with E-state index in [1.807, 2.05) is 11.5 Å². The van der Waals surface area contributed by atoms with Gasteiger partial charge in [-0.1, -0.05) is 6.92 Å². The second-order valence-corrected chi connectivity index (χ2v) is 4.26. The summed E-state index contributed by atoms with van der Waals surface area (Å²) in [6.45, 7) is 3.48. The minimum atomic E-state index is 0.180. The first-order valence-corrected chi connectivity index (χ1v) is 5.99. The minimum absolute atomic E-state index is 0.180. The molecule has 0 spiro atoms. The summed E-state index contributed by atoms with van der Waals surface area (Å²) in [5.74, 6) is 0. The van der Waals surface area contributed by atoms with Gasteiger partial charge in [0, 0.05) is 24.4 Å². The standard InChI is InChI=1S/C13H16N2O2/c1-2-13-10(9-16)6-11(7-14)15(13)8-12-4-3-5-17-12/h6,9,12H,2-5,8H2,1H3. The van der Waals surface area contributed by atoms with Crippen LogP contribution in [0, 0.1) is 11.3 Å². The molecule has 0 radical (unpaired) electrons. The van der Waals surface area contributed by atoms with Crippen molar-refractivity contribution in [2.24, 2.45) is 0 Å². The lowest BCUT2D eigenvalue weighted by atomic mass is 10.2. The normalized spacial score (nSPS) is 19.2. The molecule has 17 heavy (non-hydrogen) atoms. The number of rotatable bonds is 4. The highest BCUT2D eigenvalue weighted by Crippen LogP contribution is 2.20. The minimum Gasteiger partial charge on any atom is -0.376 e. The molecule has 2 rings (SSSR count). The smallest absolute Gasteiger partial charge is 0.151 e. The second-order valence-electron chi connectivity index (χ2n) is 4.26. The molecule has 0 bridgehead atoms. The van der Waals surface area contributed by atoms with Gasteiger partial charge in [0.2, 0.25) is 0 Å². The summed E-state index contributed by atoms with van der Waals surface area (Å²) >= 11 is 0. The summed E-state index contributed by atoms with van der Waals surface area (Å²) in [6, 6.07) is 3.81. The lowest BCUT2D eigenvalue weighted by molar-refractivity contribution is 0.0961. The van der Waals surface area contributed by atoms with E-state index in [1.165, 1.54) is 0 Å². The summed E-state index contributed by atoms with van der Waals surface area (Å²) in [7, 11) is 0. The average molecular weight is 232 g/mol. The third-order valence-electron chi connectivity index (χ3n) is 3.23. The van der Waals surface area contributed by atoms with Crippen molar-refractivity contribution < 1.29 is 9.53 Å². The Morgan fingerprint density at radius 2 is 2.53 bits per heavy atom. The highest BCUT2D eigenvalue weighted by molar-refractivity contribution is 5.77. The molecule has 1 fully saturated rings. The van der Waals surface area contributed by atoms with E-state index in [2.05, 4.69) is 6.07 Å². The zero-order chi connectivity index (χ0) is 12.3. The van der Waals surface area contributed by atoms with E-state index < -0.39 is 0 Å². The summed E-state index contributed by atoms with van der Waals surface area (Å²) in [4.78, 5) is 11.0. The summed E-state index contributed by atoms with van der Waals surface area (Å²) < 4.78 is 7.51. The van der Waals surface area contributed by atoms with Crippen LogP contribution in [0.3, 0.4) is 0 Å². The molecule has 0 saturated carbocycles. The fourth-order valence-corrected chi connectivity index (χ4v) is 2.40. The van der Waals surface area contributed by atoms with Crippen LogP contribution < -0.4 is 0 Å². The van der Waals surface area contributed by atoms with Gasteiger partial charge in [0.1, 0.15) is 11.8 Å². The Labute approximate surface area is 101 Å². The first-order valence-electron chi connectivity index (χ1n) is 5.99. The Balaban J connectivity index is 2.32. The highest BCUT2D eigenvalue weighted by atomic mass is 16.5. The van der Waals surface area contributed by atoms with Gasteiger partial charge in [0.25, 0.3) is 0 Å². The van der Waals surface area contributed by atoms with Crippen LogP contribution in [0.2, 0.25) is 0 Å². The van der Waals surface area contributed by atoms with Crippen molar-refractivity contribution in [3.63, 3.8) is 0 Å². The van der Waals surface area contributed by atoms with Crippen molar-refractivity contribution in [1.29, 1.82) is 5.26 Å². The van der Waals surface area contributed by atoms with E-state index in [-0.39, 0.29) is 6.10 Å². The molecule has 4 heteroatoms. The lowest BCUT2D eigenvalue weighted by Crippen LogP contribution is -2.18. The van der Waals surface area contributed by atoms with Crippen LogP contribution in [-0.2, 0) is 17.7 Å². The number of hydrogen-bond donors (Lipinski definition) is 0. The van der Waals surface area contributed by atoms with E-state index in [9.17, 15) is 4.79 Å². The molecule has 0 N–H and O–H groups in total. The second kappa shape index (κ2) is 5.15. The quantitative estimate of drug-likeness (QED) is 0.745. The number of ether oxygens (including phenoxy) is 1. The number of carbonyl (C=O) groups excluding carboxylic acids is 1. The van der Waals surface area contributed by atoms with E-state index in [0.717, 1.165) is 37.8 Å². The zero-order valence-corrected chi connectivity index (χ0v) is 9.98. The predicted octanol–water partition coefficient (Wildman–Crippen LogP) is 1.91.